The first-order chi connectivity index (χ1) is 18.1. The van der Waals surface area contributed by atoms with Crippen LogP contribution in [0.5, 0.6) is 5.75 Å². The average Bonchev–Trinajstić information content (AvgIpc) is 2.89. The van der Waals surface area contributed by atoms with E-state index in [0.717, 1.165) is 18.8 Å². The Balaban J connectivity index is 1.41. The third kappa shape index (κ3) is 6.51. The van der Waals surface area contributed by atoms with Crippen molar-refractivity contribution in [3.63, 3.8) is 0 Å². The van der Waals surface area contributed by atoms with E-state index in [9.17, 15) is 30.7 Å². The van der Waals surface area contributed by atoms with Gasteiger partial charge in [-0.15, -0.1) is 0 Å². The summed E-state index contributed by atoms with van der Waals surface area (Å²) in [7, 11) is 0. The van der Waals surface area contributed by atoms with E-state index >= 15 is 0 Å². The molecule has 8 heteroatoms. The molecule has 4 rings (SSSR count). The molecule has 0 amide bonds. The Labute approximate surface area is 217 Å². The molecule has 3 aromatic rings. The summed E-state index contributed by atoms with van der Waals surface area (Å²) in [6, 6.07) is 10.5. The van der Waals surface area contributed by atoms with E-state index in [1.165, 1.54) is 43.4 Å². The van der Waals surface area contributed by atoms with Crippen LogP contribution in [-0.2, 0) is 6.42 Å². The molecule has 1 nitrogen and oxygen atoms in total. The molecular formula is C30H29F7O. The minimum atomic E-state index is -3.97. The van der Waals surface area contributed by atoms with Crippen molar-refractivity contribution in [1.29, 1.82) is 0 Å². The number of ether oxygens (including phenoxy) is 1. The highest BCUT2D eigenvalue weighted by atomic mass is 19.3. The molecule has 204 valence electrons. The van der Waals surface area contributed by atoms with E-state index < -0.39 is 53.8 Å². The van der Waals surface area contributed by atoms with Crippen molar-refractivity contribution in [2.75, 3.05) is 0 Å². The number of rotatable bonds is 9. The van der Waals surface area contributed by atoms with Crippen molar-refractivity contribution < 1.29 is 35.5 Å². The third-order valence-electron chi connectivity index (χ3n) is 7.31. The van der Waals surface area contributed by atoms with Gasteiger partial charge in [0.2, 0.25) is 0 Å². The van der Waals surface area contributed by atoms with Gasteiger partial charge < -0.3 is 4.74 Å². The van der Waals surface area contributed by atoms with Crippen LogP contribution in [0, 0.1) is 35.0 Å². The Morgan fingerprint density at radius 2 is 1.42 bits per heavy atom. The normalized spacial score (nSPS) is 18.0. The van der Waals surface area contributed by atoms with Gasteiger partial charge in [0.15, 0.2) is 29.1 Å². The molecule has 38 heavy (non-hydrogen) atoms. The van der Waals surface area contributed by atoms with Gasteiger partial charge in [-0.25, -0.2) is 22.0 Å². The Bertz CT molecular complexity index is 1230. The van der Waals surface area contributed by atoms with E-state index in [1.54, 1.807) is 12.1 Å². The summed E-state index contributed by atoms with van der Waals surface area (Å²) in [6.45, 7) is 2.20. The molecule has 0 unspecified atom stereocenters. The maximum Gasteiger partial charge on any atom is 0.398 e. The van der Waals surface area contributed by atoms with Crippen LogP contribution in [0.15, 0.2) is 48.5 Å². The predicted molar refractivity (Wildman–Crippen MR) is 132 cm³/mol. The molecular weight excluding hydrogens is 509 g/mol. The molecule has 1 fully saturated rings. The molecule has 0 radical (unpaired) electrons. The minimum absolute atomic E-state index is 0.0183. The van der Waals surface area contributed by atoms with Gasteiger partial charge in [0.05, 0.1) is 6.42 Å². The van der Waals surface area contributed by atoms with Crippen molar-refractivity contribution in [2.24, 2.45) is 5.92 Å². The molecule has 0 aromatic heterocycles. The molecule has 0 N–H and O–H groups in total. The SMILES string of the molecule is CCCC1CCC(c2ccc(-c3ccc(CCC(F)(F)Oc4cc(F)c(F)c(F)c4)c(F)c3F)cc2)CC1. The molecule has 1 saturated carbocycles. The minimum Gasteiger partial charge on any atom is -0.432 e. The van der Waals surface area contributed by atoms with Crippen molar-refractivity contribution >= 4 is 0 Å². The summed E-state index contributed by atoms with van der Waals surface area (Å²) < 4.78 is 102. The monoisotopic (exact) mass is 538 g/mol. The van der Waals surface area contributed by atoms with Crippen LogP contribution in [0.3, 0.4) is 0 Å². The largest absolute Gasteiger partial charge is 0.432 e. The van der Waals surface area contributed by atoms with Crippen molar-refractivity contribution in [2.45, 2.75) is 70.3 Å². The summed E-state index contributed by atoms with van der Waals surface area (Å²) >= 11 is 0. The first-order valence-corrected chi connectivity index (χ1v) is 12.9. The van der Waals surface area contributed by atoms with Crippen LogP contribution in [0.4, 0.5) is 30.7 Å². The molecule has 1 aliphatic carbocycles. The number of alkyl halides is 2. The summed E-state index contributed by atoms with van der Waals surface area (Å²) in [4.78, 5) is 0. The zero-order valence-corrected chi connectivity index (χ0v) is 21.0. The second-order valence-electron chi connectivity index (χ2n) is 9.97. The topological polar surface area (TPSA) is 9.23 Å². The predicted octanol–water partition coefficient (Wildman–Crippen LogP) is 9.73. The lowest BCUT2D eigenvalue weighted by Gasteiger charge is -2.28. The molecule has 0 aliphatic heterocycles. The van der Waals surface area contributed by atoms with Gasteiger partial charge in [0.1, 0.15) is 5.75 Å². The van der Waals surface area contributed by atoms with Crippen LogP contribution in [-0.4, -0.2) is 6.11 Å². The second kappa shape index (κ2) is 11.8. The maximum atomic E-state index is 14.9. The lowest BCUT2D eigenvalue weighted by Crippen LogP contribution is -2.26. The van der Waals surface area contributed by atoms with Crippen LogP contribution < -0.4 is 4.74 Å². The first kappa shape index (κ1) is 28.0. The van der Waals surface area contributed by atoms with Crippen molar-refractivity contribution in [3.8, 4) is 16.9 Å². The number of hydrogen-bond donors (Lipinski definition) is 0. The summed E-state index contributed by atoms with van der Waals surface area (Å²) in [5.74, 6) is -7.29. The van der Waals surface area contributed by atoms with E-state index in [-0.39, 0.29) is 23.3 Å². The molecule has 0 atom stereocenters. The average molecular weight is 539 g/mol. The zero-order chi connectivity index (χ0) is 27.4. The van der Waals surface area contributed by atoms with Crippen molar-refractivity contribution in [3.05, 3.63) is 88.7 Å². The smallest absolute Gasteiger partial charge is 0.398 e. The van der Waals surface area contributed by atoms with Gasteiger partial charge in [0, 0.05) is 17.7 Å². The molecule has 3 aromatic carbocycles. The highest BCUT2D eigenvalue weighted by Crippen LogP contribution is 2.38. The molecule has 0 heterocycles. The van der Waals surface area contributed by atoms with Crippen molar-refractivity contribution in [1.82, 2.24) is 0 Å². The lowest BCUT2D eigenvalue weighted by molar-refractivity contribution is -0.180. The van der Waals surface area contributed by atoms with Gasteiger partial charge in [-0.1, -0.05) is 56.2 Å². The zero-order valence-electron chi connectivity index (χ0n) is 21.0. The Morgan fingerprint density at radius 1 is 0.789 bits per heavy atom. The summed E-state index contributed by atoms with van der Waals surface area (Å²) in [5, 5.41) is 0. The summed E-state index contributed by atoms with van der Waals surface area (Å²) in [5.41, 5.74) is 1.37. The van der Waals surface area contributed by atoms with Crippen LogP contribution in [0.25, 0.3) is 11.1 Å². The highest BCUT2D eigenvalue weighted by molar-refractivity contribution is 5.65. The van der Waals surface area contributed by atoms with Gasteiger partial charge in [0.25, 0.3) is 0 Å². The van der Waals surface area contributed by atoms with Crippen LogP contribution in [0.1, 0.15) is 68.9 Å². The summed E-state index contributed by atoms with van der Waals surface area (Å²) in [6.07, 6.45) is 1.39. The van der Waals surface area contributed by atoms with E-state index in [2.05, 4.69) is 11.7 Å². The van der Waals surface area contributed by atoms with Crippen LogP contribution in [0.2, 0.25) is 0 Å². The Kier molecular flexibility index (Phi) is 8.68. The number of halogens is 7. The van der Waals surface area contributed by atoms with E-state index in [0.29, 0.717) is 11.5 Å². The van der Waals surface area contributed by atoms with Gasteiger partial charge >= 0.3 is 6.11 Å². The first-order valence-electron chi connectivity index (χ1n) is 12.9. The van der Waals surface area contributed by atoms with Gasteiger partial charge in [-0.05, 0) is 60.6 Å². The number of hydrogen-bond acceptors (Lipinski definition) is 1. The number of aryl methyl sites for hydroxylation is 1. The fourth-order valence-corrected chi connectivity index (χ4v) is 5.23. The Morgan fingerprint density at radius 3 is 2.03 bits per heavy atom. The fourth-order valence-electron chi connectivity index (χ4n) is 5.23. The number of benzene rings is 3. The van der Waals surface area contributed by atoms with Gasteiger partial charge in [-0.2, -0.15) is 8.78 Å². The van der Waals surface area contributed by atoms with Crippen LogP contribution >= 0.6 is 0 Å². The Hall–Kier alpha value is -3.03. The standard InChI is InChI=1S/C30H29F7O/c1-2-3-18-4-6-19(7-5-18)20-8-10-21(11-9-20)24-13-12-22(27(33)28(24)34)14-15-30(36,37)38-23-16-25(31)29(35)26(32)17-23/h8-13,16-19H,2-7,14-15H2,1H3. The second-order valence-corrected chi connectivity index (χ2v) is 9.97. The fraction of sp³-hybridized carbons (Fsp3) is 0.400. The lowest BCUT2D eigenvalue weighted by atomic mass is 9.77. The van der Waals surface area contributed by atoms with E-state index in [1.807, 2.05) is 12.1 Å². The van der Waals surface area contributed by atoms with Gasteiger partial charge in [-0.3, -0.25) is 0 Å². The third-order valence-corrected chi connectivity index (χ3v) is 7.31. The molecule has 1 aliphatic rings. The maximum absolute atomic E-state index is 14.9. The molecule has 0 bridgehead atoms. The van der Waals surface area contributed by atoms with E-state index in [4.69, 9.17) is 0 Å². The highest BCUT2D eigenvalue weighted by Gasteiger charge is 2.33. The molecule has 0 spiro atoms. The quantitative estimate of drug-likeness (QED) is 0.195. The molecule has 0 saturated heterocycles.